The number of benzene rings is 2. The Morgan fingerprint density at radius 3 is 2.27 bits per heavy atom. The molecule has 0 radical (unpaired) electrons. The van der Waals surface area contributed by atoms with Gasteiger partial charge in [0.2, 0.25) is 0 Å². The molecular weight excluding hydrogens is 525 g/mol. The van der Waals surface area contributed by atoms with E-state index in [4.69, 9.17) is 32.4 Å². The van der Waals surface area contributed by atoms with Gasteiger partial charge in [-0.15, -0.1) is 0 Å². The molecule has 0 fully saturated rings. The SMILES string of the molecule is COc1ccc(CNC(=O)C(=O)N/N=C/c2ccc(CNC(=O)C(=O)Nc3ccc(Cl)c(Cl)c3)o2)cc1. The number of nitrogens with one attached hydrogen (secondary N) is 4. The monoisotopic (exact) mass is 545 g/mol. The maximum Gasteiger partial charge on any atom is 0.329 e. The number of hydrogen-bond donors (Lipinski definition) is 4. The number of hydrogen-bond acceptors (Lipinski definition) is 7. The molecular formula is C24H21Cl2N5O6. The molecule has 192 valence electrons. The predicted octanol–water partition coefficient (Wildman–Crippen LogP) is 2.62. The molecule has 0 spiro atoms. The standard InChI is InChI=1S/C24H21Cl2N5O6/c1-36-16-5-2-14(3-6-16)11-27-22(33)24(35)31-29-13-18-8-7-17(37-18)12-28-21(32)23(34)30-15-4-9-19(25)20(26)10-15/h2-10,13H,11-12H2,1H3,(H,27,33)(H,28,32)(H,30,34)(H,31,35)/b29-13+. The van der Waals surface area contributed by atoms with Crippen molar-refractivity contribution in [2.24, 2.45) is 5.10 Å². The van der Waals surface area contributed by atoms with Crippen molar-refractivity contribution in [3.05, 3.63) is 81.7 Å². The van der Waals surface area contributed by atoms with E-state index in [2.05, 4.69) is 26.5 Å². The lowest BCUT2D eigenvalue weighted by molar-refractivity contribution is -0.139. The summed E-state index contributed by atoms with van der Waals surface area (Å²) in [6.07, 6.45) is 1.18. The second kappa shape index (κ2) is 13.1. The van der Waals surface area contributed by atoms with Gasteiger partial charge in [0.1, 0.15) is 17.3 Å². The molecule has 3 aromatic rings. The number of carbonyl (C=O) groups excluding carboxylic acids is 4. The summed E-state index contributed by atoms with van der Waals surface area (Å²) in [6.45, 7) is 0.0697. The van der Waals surface area contributed by atoms with E-state index in [0.29, 0.717) is 22.2 Å². The molecule has 0 bridgehead atoms. The number of rotatable bonds is 8. The average molecular weight is 546 g/mol. The van der Waals surface area contributed by atoms with Crippen LogP contribution in [0.15, 0.2) is 64.1 Å². The fourth-order valence-electron chi connectivity index (χ4n) is 2.78. The molecule has 0 saturated heterocycles. The van der Waals surface area contributed by atoms with Crippen molar-refractivity contribution in [3.63, 3.8) is 0 Å². The highest BCUT2D eigenvalue weighted by molar-refractivity contribution is 6.43. The summed E-state index contributed by atoms with van der Waals surface area (Å²) in [5.74, 6) is -2.39. The minimum atomic E-state index is -0.961. The molecule has 1 aromatic heterocycles. The second-order valence-corrected chi connectivity index (χ2v) is 8.11. The molecule has 4 N–H and O–H groups in total. The van der Waals surface area contributed by atoms with E-state index in [1.54, 1.807) is 37.4 Å². The summed E-state index contributed by atoms with van der Waals surface area (Å²) >= 11 is 11.7. The molecule has 13 heteroatoms. The number of furan rings is 1. The van der Waals surface area contributed by atoms with Crippen LogP contribution in [0.4, 0.5) is 5.69 Å². The molecule has 11 nitrogen and oxygen atoms in total. The fraction of sp³-hybridized carbons (Fsp3) is 0.125. The Bertz CT molecular complexity index is 1320. The maximum atomic E-state index is 12.0. The first-order valence-corrected chi connectivity index (χ1v) is 11.4. The van der Waals surface area contributed by atoms with Gasteiger partial charge in [-0.1, -0.05) is 35.3 Å². The largest absolute Gasteiger partial charge is 0.497 e. The van der Waals surface area contributed by atoms with Crippen LogP contribution in [0.1, 0.15) is 17.1 Å². The van der Waals surface area contributed by atoms with E-state index in [1.807, 2.05) is 0 Å². The normalized spacial score (nSPS) is 10.6. The van der Waals surface area contributed by atoms with Gasteiger partial charge in [-0.25, -0.2) is 5.43 Å². The van der Waals surface area contributed by atoms with Crippen LogP contribution >= 0.6 is 23.2 Å². The van der Waals surface area contributed by atoms with Crippen molar-refractivity contribution in [2.45, 2.75) is 13.1 Å². The van der Waals surface area contributed by atoms with Gasteiger partial charge in [-0.3, -0.25) is 19.2 Å². The topological polar surface area (TPSA) is 151 Å². The Kier molecular flexibility index (Phi) is 9.64. The molecule has 3 rings (SSSR count). The van der Waals surface area contributed by atoms with Crippen LogP contribution in [0.3, 0.4) is 0 Å². The summed E-state index contributed by atoms with van der Waals surface area (Å²) in [4.78, 5) is 47.8. The van der Waals surface area contributed by atoms with Gasteiger partial charge in [0.05, 0.1) is 29.9 Å². The first-order valence-electron chi connectivity index (χ1n) is 10.6. The zero-order valence-corrected chi connectivity index (χ0v) is 20.9. The van der Waals surface area contributed by atoms with Crippen LogP contribution in [-0.2, 0) is 32.3 Å². The molecule has 0 atom stereocenters. The van der Waals surface area contributed by atoms with E-state index < -0.39 is 23.6 Å². The van der Waals surface area contributed by atoms with Crippen molar-refractivity contribution in [1.82, 2.24) is 16.1 Å². The lowest BCUT2D eigenvalue weighted by Gasteiger charge is -2.06. The first kappa shape index (κ1) is 27.2. The van der Waals surface area contributed by atoms with Gasteiger partial charge in [0.15, 0.2) is 0 Å². The number of methoxy groups -OCH3 is 1. The van der Waals surface area contributed by atoms with Crippen LogP contribution in [-0.4, -0.2) is 37.0 Å². The van der Waals surface area contributed by atoms with E-state index in [-0.39, 0.29) is 23.9 Å². The number of hydrazone groups is 1. The lowest BCUT2D eigenvalue weighted by atomic mass is 10.2. The number of ether oxygens (including phenoxy) is 1. The third-order valence-electron chi connectivity index (χ3n) is 4.67. The molecule has 2 aromatic carbocycles. The van der Waals surface area contributed by atoms with Crippen molar-refractivity contribution < 1.29 is 28.3 Å². The third-order valence-corrected chi connectivity index (χ3v) is 5.40. The van der Waals surface area contributed by atoms with Crippen LogP contribution in [0.2, 0.25) is 10.0 Å². The fourth-order valence-corrected chi connectivity index (χ4v) is 3.08. The van der Waals surface area contributed by atoms with Gasteiger partial charge in [0.25, 0.3) is 0 Å². The first-order chi connectivity index (χ1) is 17.7. The van der Waals surface area contributed by atoms with Crippen LogP contribution in [0.25, 0.3) is 0 Å². The van der Waals surface area contributed by atoms with Crippen molar-refractivity contribution >= 4 is 58.7 Å². The summed E-state index contributed by atoms with van der Waals surface area (Å²) in [6, 6.07) is 14.5. The third kappa shape index (κ3) is 8.37. The quantitative estimate of drug-likeness (QED) is 0.194. The summed E-state index contributed by atoms with van der Waals surface area (Å²) in [7, 11) is 1.55. The number of carbonyl (C=O) groups is 4. The van der Waals surface area contributed by atoms with Crippen molar-refractivity contribution in [1.29, 1.82) is 0 Å². The lowest BCUT2D eigenvalue weighted by Crippen LogP contribution is -2.37. The smallest absolute Gasteiger partial charge is 0.329 e. The van der Waals surface area contributed by atoms with Gasteiger partial charge in [-0.2, -0.15) is 5.10 Å². The zero-order chi connectivity index (χ0) is 26.8. The Morgan fingerprint density at radius 1 is 0.865 bits per heavy atom. The van der Waals surface area contributed by atoms with Gasteiger partial charge < -0.3 is 25.1 Å². The van der Waals surface area contributed by atoms with Crippen LogP contribution in [0, 0.1) is 0 Å². The molecule has 0 aliphatic heterocycles. The average Bonchev–Trinajstić information content (AvgIpc) is 3.35. The van der Waals surface area contributed by atoms with Gasteiger partial charge in [-0.05, 0) is 48.0 Å². The van der Waals surface area contributed by atoms with Gasteiger partial charge in [0, 0.05) is 12.2 Å². The number of anilines is 1. The Morgan fingerprint density at radius 2 is 1.57 bits per heavy atom. The van der Waals surface area contributed by atoms with E-state index in [9.17, 15) is 19.2 Å². The van der Waals surface area contributed by atoms with E-state index in [1.165, 1.54) is 30.5 Å². The highest BCUT2D eigenvalue weighted by atomic mass is 35.5. The molecule has 0 unspecified atom stereocenters. The van der Waals surface area contributed by atoms with Crippen LogP contribution in [0.5, 0.6) is 5.75 Å². The molecule has 37 heavy (non-hydrogen) atoms. The molecule has 0 aliphatic carbocycles. The molecule has 0 aliphatic rings. The van der Waals surface area contributed by atoms with E-state index >= 15 is 0 Å². The Labute approximate surface area is 221 Å². The second-order valence-electron chi connectivity index (χ2n) is 7.30. The number of halogens is 2. The predicted molar refractivity (Wildman–Crippen MR) is 136 cm³/mol. The highest BCUT2D eigenvalue weighted by Gasteiger charge is 2.15. The number of nitrogens with zero attached hydrogens (tertiary/aromatic N) is 1. The molecule has 4 amide bonds. The molecule has 0 saturated carbocycles. The van der Waals surface area contributed by atoms with Crippen molar-refractivity contribution in [2.75, 3.05) is 12.4 Å². The van der Waals surface area contributed by atoms with Crippen molar-refractivity contribution in [3.8, 4) is 5.75 Å². The summed E-state index contributed by atoms with van der Waals surface area (Å²) in [5.41, 5.74) is 3.18. The highest BCUT2D eigenvalue weighted by Crippen LogP contribution is 2.24. The number of amides is 4. The summed E-state index contributed by atoms with van der Waals surface area (Å²) in [5, 5.41) is 11.5. The Hall–Kier alpha value is -4.35. The van der Waals surface area contributed by atoms with E-state index in [0.717, 1.165) is 5.56 Å². The minimum Gasteiger partial charge on any atom is -0.497 e. The maximum absolute atomic E-state index is 12.0. The Balaban J connectivity index is 1.40. The minimum absolute atomic E-state index is 0.0818. The van der Waals surface area contributed by atoms with Gasteiger partial charge >= 0.3 is 23.6 Å². The zero-order valence-electron chi connectivity index (χ0n) is 19.3. The molecule has 1 heterocycles. The van der Waals surface area contributed by atoms with Crippen LogP contribution < -0.4 is 26.1 Å². The summed E-state index contributed by atoms with van der Waals surface area (Å²) < 4.78 is 10.5.